The number of nitrogens with zero attached hydrogens (tertiary/aromatic N) is 1. The Morgan fingerprint density at radius 1 is 2.00 bits per heavy atom. The number of ether oxygens (including phenoxy) is 1. The molecule has 0 aromatic carbocycles. The van der Waals surface area contributed by atoms with E-state index in [9.17, 15) is 0 Å². The first-order valence-corrected chi connectivity index (χ1v) is 2.51. The van der Waals surface area contributed by atoms with Crippen molar-refractivity contribution in [1.82, 2.24) is 0 Å². The maximum atomic E-state index is 8.25. The molecule has 2 nitrogen and oxygen atoms in total. The molecule has 0 radical (unpaired) electrons. The first-order valence-electron chi connectivity index (χ1n) is 2.51. The Hall–Kier alpha value is -0.970. The van der Waals surface area contributed by atoms with Crippen LogP contribution in [0.2, 0.25) is 0 Å². The molecule has 0 spiro atoms. The molecule has 42 valence electrons. The van der Waals surface area contributed by atoms with Crippen LogP contribution in [0.4, 0.5) is 0 Å². The number of hydrogen-bond donors (Lipinski definition) is 0. The van der Waals surface area contributed by atoms with Crippen LogP contribution in [0.1, 0.15) is 6.42 Å². The third-order valence-corrected chi connectivity index (χ3v) is 1.24. The molecule has 0 saturated carbocycles. The summed E-state index contributed by atoms with van der Waals surface area (Å²) in [6.07, 6.45) is 2.63. The van der Waals surface area contributed by atoms with E-state index in [2.05, 4.69) is 6.07 Å². The lowest BCUT2D eigenvalue weighted by Crippen LogP contribution is -2.08. The van der Waals surface area contributed by atoms with Crippen molar-refractivity contribution < 1.29 is 4.74 Å². The van der Waals surface area contributed by atoms with Crippen molar-refractivity contribution in [3.05, 3.63) is 11.8 Å². The summed E-state index contributed by atoms with van der Waals surface area (Å²) in [5.74, 6) is 1.06. The highest BCUT2D eigenvalue weighted by Crippen LogP contribution is 2.24. The maximum absolute atomic E-state index is 8.25. The molecule has 0 heterocycles. The number of methoxy groups -OCH3 is 1. The lowest BCUT2D eigenvalue weighted by atomic mass is 9.95. The molecule has 1 unspecified atom stereocenters. The van der Waals surface area contributed by atoms with Crippen LogP contribution in [0.25, 0.3) is 0 Å². The fourth-order valence-corrected chi connectivity index (χ4v) is 0.642. The average molecular weight is 109 g/mol. The van der Waals surface area contributed by atoms with Crippen molar-refractivity contribution in [2.45, 2.75) is 6.42 Å². The molecule has 8 heavy (non-hydrogen) atoms. The lowest BCUT2D eigenvalue weighted by molar-refractivity contribution is 0.249. The fourth-order valence-electron chi connectivity index (χ4n) is 0.642. The van der Waals surface area contributed by atoms with Crippen LogP contribution in [0.3, 0.4) is 0 Å². The second-order valence-electron chi connectivity index (χ2n) is 1.78. The van der Waals surface area contributed by atoms with Gasteiger partial charge in [0.1, 0.15) is 0 Å². The summed E-state index contributed by atoms with van der Waals surface area (Å²) in [6, 6.07) is 2.11. The normalized spacial score (nSPS) is 25.0. The van der Waals surface area contributed by atoms with Crippen molar-refractivity contribution >= 4 is 0 Å². The third kappa shape index (κ3) is 0.671. The van der Waals surface area contributed by atoms with Gasteiger partial charge in [-0.05, 0) is 6.08 Å². The topological polar surface area (TPSA) is 33.0 Å². The molecule has 0 fully saturated rings. The van der Waals surface area contributed by atoms with E-state index >= 15 is 0 Å². The number of rotatable bonds is 1. The Labute approximate surface area is 48.4 Å². The SMILES string of the molecule is COC1=CC(C#N)C1. The molecule has 1 aliphatic carbocycles. The summed E-state index contributed by atoms with van der Waals surface area (Å²) in [5.41, 5.74) is 0. The highest BCUT2D eigenvalue weighted by atomic mass is 16.5. The van der Waals surface area contributed by atoms with Crippen LogP contribution in [0, 0.1) is 17.2 Å². The van der Waals surface area contributed by atoms with Crippen LogP contribution < -0.4 is 0 Å². The van der Waals surface area contributed by atoms with Gasteiger partial charge in [-0.3, -0.25) is 0 Å². The van der Waals surface area contributed by atoms with Crippen molar-refractivity contribution in [3.63, 3.8) is 0 Å². The highest BCUT2D eigenvalue weighted by Gasteiger charge is 2.17. The average Bonchev–Trinajstić information content (AvgIpc) is 1.65. The first-order chi connectivity index (χ1) is 3.86. The summed E-state index contributed by atoms with van der Waals surface area (Å²) in [4.78, 5) is 0. The minimum atomic E-state index is 0.116. The summed E-state index contributed by atoms with van der Waals surface area (Å²) < 4.78 is 4.83. The van der Waals surface area contributed by atoms with E-state index in [1.807, 2.05) is 6.08 Å². The van der Waals surface area contributed by atoms with Crippen LogP contribution in [-0.4, -0.2) is 7.11 Å². The molecule has 0 saturated heterocycles. The number of nitriles is 1. The van der Waals surface area contributed by atoms with Gasteiger partial charge in [0.25, 0.3) is 0 Å². The highest BCUT2D eigenvalue weighted by molar-refractivity contribution is 5.17. The van der Waals surface area contributed by atoms with Crippen LogP contribution in [0.5, 0.6) is 0 Å². The van der Waals surface area contributed by atoms with E-state index in [0.717, 1.165) is 12.2 Å². The van der Waals surface area contributed by atoms with E-state index in [1.165, 1.54) is 0 Å². The van der Waals surface area contributed by atoms with Crippen LogP contribution in [0.15, 0.2) is 11.8 Å². The zero-order valence-corrected chi connectivity index (χ0v) is 4.72. The van der Waals surface area contributed by atoms with Gasteiger partial charge < -0.3 is 4.74 Å². The van der Waals surface area contributed by atoms with E-state index < -0.39 is 0 Å². The summed E-state index contributed by atoms with van der Waals surface area (Å²) in [6.45, 7) is 0. The Bertz CT molecular complexity index is 154. The zero-order chi connectivity index (χ0) is 5.98. The molecule has 2 heteroatoms. The Morgan fingerprint density at radius 2 is 2.62 bits per heavy atom. The van der Waals surface area contributed by atoms with Crippen molar-refractivity contribution in [1.29, 1.82) is 5.26 Å². The van der Waals surface area contributed by atoms with Crippen molar-refractivity contribution in [2.24, 2.45) is 5.92 Å². The largest absolute Gasteiger partial charge is 0.501 e. The quantitative estimate of drug-likeness (QED) is 0.504. The molecular weight excluding hydrogens is 102 g/mol. The Kier molecular flexibility index (Phi) is 1.21. The predicted molar refractivity (Wildman–Crippen MR) is 28.8 cm³/mol. The van der Waals surface area contributed by atoms with E-state index in [0.29, 0.717) is 0 Å². The second-order valence-corrected chi connectivity index (χ2v) is 1.78. The molecule has 0 amide bonds. The minimum absolute atomic E-state index is 0.116. The second kappa shape index (κ2) is 1.87. The third-order valence-electron chi connectivity index (χ3n) is 1.24. The molecule has 0 N–H and O–H groups in total. The van der Waals surface area contributed by atoms with Gasteiger partial charge in [0.15, 0.2) is 0 Å². The van der Waals surface area contributed by atoms with Gasteiger partial charge in [-0.2, -0.15) is 5.26 Å². The van der Waals surface area contributed by atoms with Crippen LogP contribution in [-0.2, 0) is 4.74 Å². The van der Waals surface area contributed by atoms with E-state index in [1.54, 1.807) is 7.11 Å². The van der Waals surface area contributed by atoms with E-state index in [-0.39, 0.29) is 5.92 Å². The number of hydrogen-bond acceptors (Lipinski definition) is 2. The van der Waals surface area contributed by atoms with Gasteiger partial charge in [-0.15, -0.1) is 0 Å². The molecule has 1 atom stereocenters. The lowest BCUT2D eigenvalue weighted by Gasteiger charge is -2.16. The molecular formula is C6H7NO. The smallest absolute Gasteiger partial charge is 0.0945 e. The summed E-state index contributed by atoms with van der Waals surface area (Å²) >= 11 is 0. The number of allylic oxidation sites excluding steroid dienone is 2. The monoisotopic (exact) mass is 109 g/mol. The molecule has 1 rings (SSSR count). The molecule has 0 aliphatic heterocycles. The first kappa shape index (κ1) is 5.17. The Balaban J connectivity index is 2.41. The van der Waals surface area contributed by atoms with Crippen molar-refractivity contribution in [2.75, 3.05) is 7.11 Å². The Morgan fingerprint density at radius 3 is 3.00 bits per heavy atom. The molecule has 0 bridgehead atoms. The van der Waals surface area contributed by atoms with Crippen molar-refractivity contribution in [3.8, 4) is 6.07 Å². The van der Waals surface area contributed by atoms with Gasteiger partial charge >= 0.3 is 0 Å². The van der Waals surface area contributed by atoms with Crippen LogP contribution >= 0.6 is 0 Å². The fraction of sp³-hybridized carbons (Fsp3) is 0.500. The van der Waals surface area contributed by atoms with Gasteiger partial charge in [-0.1, -0.05) is 0 Å². The zero-order valence-electron chi connectivity index (χ0n) is 4.72. The summed E-state index contributed by atoms with van der Waals surface area (Å²) in [5, 5.41) is 8.25. The minimum Gasteiger partial charge on any atom is -0.501 e. The molecule has 0 aromatic heterocycles. The maximum Gasteiger partial charge on any atom is 0.0945 e. The predicted octanol–water partition coefficient (Wildman–Crippen LogP) is 1.06. The van der Waals surface area contributed by atoms with Gasteiger partial charge in [0.2, 0.25) is 0 Å². The molecule has 0 aromatic rings. The van der Waals surface area contributed by atoms with Gasteiger partial charge in [0, 0.05) is 6.42 Å². The summed E-state index contributed by atoms with van der Waals surface area (Å²) in [7, 11) is 1.62. The van der Waals surface area contributed by atoms with Gasteiger partial charge in [-0.25, -0.2) is 0 Å². The molecule has 1 aliphatic rings. The standard InChI is InChI=1S/C6H7NO/c1-8-6-2-5(3-6)4-7/h2,5H,3H2,1H3. The van der Waals surface area contributed by atoms with E-state index in [4.69, 9.17) is 10.00 Å². The van der Waals surface area contributed by atoms with Gasteiger partial charge in [0.05, 0.1) is 24.9 Å².